The molecule has 0 amide bonds. The first-order valence-corrected chi connectivity index (χ1v) is 15.1. The minimum absolute atomic E-state index is 0.381. The van der Waals surface area contributed by atoms with Gasteiger partial charge in [-0.15, -0.1) is 0 Å². The van der Waals surface area contributed by atoms with Gasteiger partial charge in [0.15, 0.2) is 0 Å². The third-order valence-corrected chi connectivity index (χ3v) is 7.41. The van der Waals surface area contributed by atoms with Crippen LogP contribution in [0.5, 0.6) is 5.75 Å². The largest absolute Gasteiger partial charge is 0.497 e. The first-order chi connectivity index (χ1) is 22.0. The van der Waals surface area contributed by atoms with Crippen molar-refractivity contribution in [3.8, 4) is 41.3 Å². The van der Waals surface area contributed by atoms with E-state index in [9.17, 15) is 4.79 Å². The zero-order chi connectivity index (χ0) is 31.4. The van der Waals surface area contributed by atoms with Gasteiger partial charge in [-0.25, -0.2) is 4.79 Å². The summed E-state index contributed by atoms with van der Waals surface area (Å²) in [5, 5.41) is 4.53. The molecule has 0 bridgehead atoms. The summed E-state index contributed by atoms with van der Waals surface area (Å²) in [6, 6.07) is 31.1. The molecule has 0 unspecified atom stereocenters. The number of esters is 1. The van der Waals surface area contributed by atoms with E-state index in [1.165, 1.54) is 11.6 Å². The smallest absolute Gasteiger partial charge is 0.330 e. The molecule has 0 aliphatic heterocycles. The standard InChI is InChI=1S/C42H34O3/c1-4-35-26-32(13-18-36(35)19-14-34-17-22-40-30-41(44-3)24-23-39(40)29-34)11-12-33-16-21-37-27-31(15-20-38(37)28-33)10-8-6-7-9-25-45-42(43)5-2/h5,13,15-18,20-24,26-30H,2,4,6-7,9,25H2,1,3H3. The lowest BCUT2D eigenvalue weighted by Gasteiger charge is -2.04. The van der Waals surface area contributed by atoms with Gasteiger partial charge in [-0.1, -0.05) is 73.3 Å². The molecule has 5 aromatic carbocycles. The number of fused-ring (bicyclic) bond motifs is 2. The summed E-state index contributed by atoms with van der Waals surface area (Å²) < 4.78 is 10.3. The van der Waals surface area contributed by atoms with E-state index in [2.05, 4.69) is 116 Å². The molecule has 220 valence electrons. The molecule has 0 fully saturated rings. The Morgan fingerprint density at radius 3 is 1.87 bits per heavy atom. The number of benzene rings is 5. The maximum absolute atomic E-state index is 11.1. The molecular weight excluding hydrogens is 552 g/mol. The van der Waals surface area contributed by atoms with Crippen molar-refractivity contribution in [1.29, 1.82) is 0 Å². The van der Waals surface area contributed by atoms with Crippen LogP contribution in [0.15, 0.2) is 104 Å². The first kappa shape index (κ1) is 30.8. The number of rotatable bonds is 7. The molecule has 0 saturated heterocycles. The second-order valence-electron chi connectivity index (χ2n) is 10.6. The number of hydrogen-bond donors (Lipinski definition) is 0. The van der Waals surface area contributed by atoms with Gasteiger partial charge in [0, 0.05) is 40.3 Å². The summed E-state index contributed by atoms with van der Waals surface area (Å²) in [5.41, 5.74) is 6.11. The molecule has 0 aliphatic carbocycles. The van der Waals surface area contributed by atoms with E-state index >= 15 is 0 Å². The maximum atomic E-state index is 11.1. The Morgan fingerprint density at radius 1 is 0.689 bits per heavy atom. The summed E-state index contributed by atoms with van der Waals surface area (Å²) in [6.07, 6.45) is 4.48. The monoisotopic (exact) mass is 586 g/mol. The molecule has 5 aromatic rings. The fraction of sp³-hybridized carbons (Fsp3) is 0.167. The van der Waals surface area contributed by atoms with Crippen LogP contribution in [0.25, 0.3) is 21.5 Å². The minimum atomic E-state index is -0.381. The van der Waals surface area contributed by atoms with Crippen molar-refractivity contribution in [1.82, 2.24) is 0 Å². The molecule has 0 heterocycles. The Labute approximate surface area is 265 Å². The number of unbranched alkanes of at least 4 members (excludes halogenated alkanes) is 2. The van der Waals surface area contributed by atoms with Gasteiger partial charge in [-0.05, 0) is 113 Å². The second-order valence-corrected chi connectivity index (χ2v) is 10.6. The lowest BCUT2D eigenvalue weighted by Crippen LogP contribution is -2.01. The Hall–Kier alpha value is -5.69. The predicted octanol–water partition coefficient (Wildman–Crippen LogP) is 8.61. The number of aryl methyl sites for hydroxylation is 1. The van der Waals surface area contributed by atoms with Gasteiger partial charge in [0.2, 0.25) is 0 Å². The maximum Gasteiger partial charge on any atom is 0.330 e. The summed E-state index contributed by atoms with van der Waals surface area (Å²) in [4.78, 5) is 11.1. The summed E-state index contributed by atoms with van der Waals surface area (Å²) in [5.74, 6) is 20.3. The van der Waals surface area contributed by atoms with E-state index < -0.39 is 0 Å². The fourth-order valence-electron chi connectivity index (χ4n) is 4.91. The van der Waals surface area contributed by atoms with Crippen LogP contribution in [-0.4, -0.2) is 19.7 Å². The molecule has 0 saturated carbocycles. The molecule has 45 heavy (non-hydrogen) atoms. The van der Waals surface area contributed by atoms with Crippen molar-refractivity contribution in [2.45, 2.75) is 32.6 Å². The Balaban J connectivity index is 1.23. The van der Waals surface area contributed by atoms with Crippen molar-refractivity contribution < 1.29 is 14.3 Å². The van der Waals surface area contributed by atoms with Gasteiger partial charge >= 0.3 is 5.97 Å². The summed E-state index contributed by atoms with van der Waals surface area (Å²) >= 11 is 0. The van der Waals surface area contributed by atoms with Gasteiger partial charge in [0.05, 0.1) is 13.7 Å². The minimum Gasteiger partial charge on any atom is -0.497 e. The van der Waals surface area contributed by atoms with Crippen molar-refractivity contribution in [2.24, 2.45) is 0 Å². The van der Waals surface area contributed by atoms with Crippen LogP contribution in [0.4, 0.5) is 0 Å². The highest BCUT2D eigenvalue weighted by molar-refractivity contribution is 5.86. The summed E-state index contributed by atoms with van der Waals surface area (Å²) in [7, 11) is 1.68. The molecule has 0 aliphatic rings. The average molecular weight is 587 g/mol. The van der Waals surface area contributed by atoms with Gasteiger partial charge in [-0.3, -0.25) is 0 Å². The van der Waals surface area contributed by atoms with Crippen LogP contribution < -0.4 is 4.74 Å². The molecule has 3 nitrogen and oxygen atoms in total. The SMILES string of the molecule is C=CC(=O)OCCCCC#Cc1ccc2cc(C#Cc3ccc(C#Cc4ccc5cc(OC)ccc5c4)c(CC)c3)ccc2c1. The van der Waals surface area contributed by atoms with Crippen molar-refractivity contribution in [2.75, 3.05) is 13.7 Å². The third kappa shape index (κ3) is 8.45. The van der Waals surface area contributed by atoms with E-state index in [0.29, 0.717) is 6.61 Å². The van der Waals surface area contributed by atoms with Crippen LogP contribution in [-0.2, 0) is 16.0 Å². The lowest BCUT2D eigenvalue weighted by molar-refractivity contribution is -0.137. The fourth-order valence-corrected chi connectivity index (χ4v) is 4.91. The van der Waals surface area contributed by atoms with Crippen LogP contribution >= 0.6 is 0 Å². The van der Waals surface area contributed by atoms with Crippen LogP contribution in [0.2, 0.25) is 0 Å². The highest BCUT2D eigenvalue weighted by Crippen LogP contribution is 2.22. The van der Waals surface area contributed by atoms with Gasteiger partial charge in [0.1, 0.15) is 5.75 Å². The van der Waals surface area contributed by atoms with E-state index in [-0.39, 0.29) is 5.97 Å². The zero-order valence-electron chi connectivity index (χ0n) is 25.7. The number of methoxy groups -OCH3 is 1. The van der Waals surface area contributed by atoms with Crippen LogP contribution in [0, 0.1) is 35.5 Å². The topological polar surface area (TPSA) is 35.5 Å². The number of carbonyl (C=O) groups excluding carboxylic acids is 1. The van der Waals surface area contributed by atoms with E-state index in [1.54, 1.807) is 7.11 Å². The third-order valence-electron chi connectivity index (χ3n) is 7.41. The van der Waals surface area contributed by atoms with E-state index in [4.69, 9.17) is 9.47 Å². The predicted molar refractivity (Wildman–Crippen MR) is 184 cm³/mol. The lowest BCUT2D eigenvalue weighted by atomic mass is 10.0. The Morgan fingerprint density at radius 2 is 1.24 bits per heavy atom. The molecule has 0 N–H and O–H groups in total. The van der Waals surface area contributed by atoms with Gasteiger partial charge in [-0.2, -0.15) is 0 Å². The molecule has 5 rings (SSSR count). The number of carbonyl (C=O) groups is 1. The Bertz CT molecular complexity index is 2070. The van der Waals surface area contributed by atoms with E-state index in [1.807, 2.05) is 24.3 Å². The average Bonchev–Trinajstić information content (AvgIpc) is 3.08. The van der Waals surface area contributed by atoms with Crippen LogP contribution in [0.1, 0.15) is 59.6 Å². The van der Waals surface area contributed by atoms with Gasteiger partial charge < -0.3 is 9.47 Å². The molecule has 0 radical (unpaired) electrons. The van der Waals surface area contributed by atoms with Crippen molar-refractivity contribution >= 4 is 27.5 Å². The van der Waals surface area contributed by atoms with Crippen molar-refractivity contribution in [3.63, 3.8) is 0 Å². The number of hydrogen-bond acceptors (Lipinski definition) is 3. The highest BCUT2D eigenvalue weighted by Gasteiger charge is 2.02. The molecular formula is C42H34O3. The molecule has 3 heteroatoms. The normalized spacial score (nSPS) is 10.1. The van der Waals surface area contributed by atoms with Crippen molar-refractivity contribution in [3.05, 3.63) is 137 Å². The van der Waals surface area contributed by atoms with Crippen LogP contribution in [0.3, 0.4) is 0 Å². The highest BCUT2D eigenvalue weighted by atomic mass is 16.5. The zero-order valence-corrected chi connectivity index (χ0v) is 25.7. The molecule has 0 spiro atoms. The first-order valence-electron chi connectivity index (χ1n) is 15.1. The quantitative estimate of drug-likeness (QED) is 0.0829. The summed E-state index contributed by atoms with van der Waals surface area (Å²) in [6.45, 7) is 5.94. The van der Waals surface area contributed by atoms with Gasteiger partial charge in [0.25, 0.3) is 0 Å². The molecule has 0 aromatic heterocycles. The second kappa shape index (κ2) is 15.2. The number of ether oxygens (including phenoxy) is 2. The van der Waals surface area contributed by atoms with E-state index in [0.717, 1.165) is 80.8 Å². The molecule has 0 atom stereocenters. The Kier molecular flexibility index (Phi) is 10.4.